The van der Waals surface area contributed by atoms with Crippen LogP contribution in [0.4, 0.5) is 0 Å². The average molecular weight is 259 g/mol. The Morgan fingerprint density at radius 1 is 1.26 bits per heavy atom. The van der Waals surface area contributed by atoms with E-state index in [0.29, 0.717) is 13.1 Å². The van der Waals surface area contributed by atoms with Gasteiger partial charge in [-0.2, -0.15) is 0 Å². The van der Waals surface area contributed by atoms with Gasteiger partial charge in [0.25, 0.3) is 0 Å². The molecular weight excluding hydrogens is 238 g/mol. The van der Waals surface area contributed by atoms with Crippen molar-refractivity contribution in [1.82, 2.24) is 4.90 Å². The summed E-state index contributed by atoms with van der Waals surface area (Å²) in [5.74, 6) is 0.208. The van der Waals surface area contributed by atoms with Crippen molar-refractivity contribution in [2.75, 3.05) is 13.1 Å². The highest BCUT2D eigenvalue weighted by Crippen LogP contribution is 2.50. The van der Waals surface area contributed by atoms with Crippen LogP contribution in [0.1, 0.15) is 38.2 Å². The maximum atomic E-state index is 12.6. The lowest BCUT2D eigenvalue weighted by atomic mass is 9.86. The lowest BCUT2D eigenvalue weighted by molar-refractivity contribution is -0.159. The van der Waals surface area contributed by atoms with E-state index in [1.807, 2.05) is 35.2 Å². The van der Waals surface area contributed by atoms with Gasteiger partial charge in [-0.3, -0.25) is 4.79 Å². The third kappa shape index (κ3) is 2.06. The van der Waals surface area contributed by atoms with E-state index < -0.39 is 5.60 Å². The number of benzene rings is 1. The van der Waals surface area contributed by atoms with E-state index in [-0.39, 0.29) is 11.3 Å². The molecule has 3 heteroatoms. The fraction of sp³-hybridized carbons (Fsp3) is 0.562. The number of hydrogen-bond donors (Lipinski definition) is 1. The SMILES string of the molecule is CCCC1(O)CN(C(=O)C2(c3ccccc3)CC2)C1. The summed E-state index contributed by atoms with van der Waals surface area (Å²) in [6.45, 7) is 3.08. The fourth-order valence-electron chi connectivity index (χ4n) is 3.24. The van der Waals surface area contributed by atoms with E-state index in [0.717, 1.165) is 31.2 Å². The van der Waals surface area contributed by atoms with E-state index in [4.69, 9.17) is 0 Å². The molecular formula is C16H21NO2. The molecule has 0 radical (unpaired) electrons. The molecule has 19 heavy (non-hydrogen) atoms. The Balaban J connectivity index is 1.70. The van der Waals surface area contributed by atoms with Gasteiger partial charge in [0.1, 0.15) is 0 Å². The summed E-state index contributed by atoms with van der Waals surface area (Å²) in [4.78, 5) is 14.4. The van der Waals surface area contributed by atoms with Gasteiger partial charge in [-0.1, -0.05) is 43.7 Å². The van der Waals surface area contributed by atoms with Gasteiger partial charge in [-0.05, 0) is 24.8 Å². The van der Waals surface area contributed by atoms with Gasteiger partial charge in [0.2, 0.25) is 5.91 Å². The fourth-order valence-corrected chi connectivity index (χ4v) is 3.24. The summed E-state index contributed by atoms with van der Waals surface area (Å²) in [5.41, 5.74) is 0.220. The molecule has 2 aliphatic rings. The van der Waals surface area contributed by atoms with Crippen LogP contribution in [0, 0.1) is 0 Å². The molecule has 1 N–H and O–H groups in total. The van der Waals surface area contributed by atoms with Crippen LogP contribution >= 0.6 is 0 Å². The second-order valence-corrected chi connectivity index (χ2v) is 6.08. The van der Waals surface area contributed by atoms with Crippen LogP contribution in [-0.2, 0) is 10.2 Å². The smallest absolute Gasteiger partial charge is 0.233 e. The lowest BCUT2D eigenvalue weighted by Crippen LogP contribution is -2.65. The Bertz CT molecular complexity index is 473. The largest absolute Gasteiger partial charge is 0.386 e. The van der Waals surface area contributed by atoms with Crippen LogP contribution < -0.4 is 0 Å². The van der Waals surface area contributed by atoms with Crippen molar-refractivity contribution in [3.05, 3.63) is 35.9 Å². The van der Waals surface area contributed by atoms with Gasteiger partial charge >= 0.3 is 0 Å². The van der Waals surface area contributed by atoms with E-state index >= 15 is 0 Å². The Morgan fingerprint density at radius 2 is 1.89 bits per heavy atom. The quantitative estimate of drug-likeness (QED) is 0.899. The number of β-amino-alcohol motifs (C(OH)–C–C–N with tert-alkyl or cyclic N) is 1. The van der Waals surface area contributed by atoms with Gasteiger partial charge in [0, 0.05) is 0 Å². The van der Waals surface area contributed by atoms with Crippen molar-refractivity contribution >= 4 is 5.91 Å². The predicted molar refractivity (Wildman–Crippen MR) is 73.8 cm³/mol. The molecule has 0 bridgehead atoms. The number of hydrogen-bond acceptors (Lipinski definition) is 2. The standard InChI is InChI=1S/C16H21NO2/c1-2-8-15(19)11-17(12-15)14(18)16(9-10-16)13-6-4-3-5-7-13/h3-7,19H,2,8-12H2,1H3. The number of nitrogens with zero attached hydrogens (tertiary/aromatic N) is 1. The number of likely N-dealkylation sites (tertiary alicyclic amines) is 1. The van der Waals surface area contributed by atoms with Gasteiger partial charge in [-0.15, -0.1) is 0 Å². The van der Waals surface area contributed by atoms with Gasteiger partial charge < -0.3 is 10.0 Å². The number of amides is 1. The summed E-state index contributed by atoms with van der Waals surface area (Å²) in [7, 11) is 0. The van der Waals surface area contributed by atoms with Crippen LogP contribution in [-0.4, -0.2) is 34.6 Å². The zero-order valence-corrected chi connectivity index (χ0v) is 11.4. The summed E-state index contributed by atoms with van der Waals surface area (Å²) in [5, 5.41) is 10.2. The molecule has 1 amide bonds. The maximum absolute atomic E-state index is 12.6. The summed E-state index contributed by atoms with van der Waals surface area (Å²) < 4.78 is 0. The number of rotatable bonds is 4. The van der Waals surface area contributed by atoms with Crippen LogP contribution in [0.5, 0.6) is 0 Å². The monoisotopic (exact) mass is 259 g/mol. The zero-order valence-electron chi connectivity index (χ0n) is 11.4. The minimum Gasteiger partial charge on any atom is -0.386 e. The Morgan fingerprint density at radius 3 is 2.42 bits per heavy atom. The third-order valence-corrected chi connectivity index (χ3v) is 4.46. The lowest BCUT2D eigenvalue weighted by Gasteiger charge is -2.48. The molecule has 1 saturated carbocycles. The first-order valence-corrected chi connectivity index (χ1v) is 7.17. The molecule has 0 aromatic heterocycles. The second-order valence-electron chi connectivity index (χ2n) is 6.08. The predicted octanol–water partition coefficient (Wildman–Crippen LogP) is 2.09. The Kier molecular flexibility index (Phi) is 2.90. The van der Waals surface area contributed by atoms with E-state index in [1.165, 1.54) is 0 Å². The highest BCUT2D eigenvalue weighted by molar-refractivity contribution is 5.92. The second kappa shape index (κ2) is 4.34. The van der Waals surface area contributed by atoms with Crippen LogP contribution in [0.2, 0.25) is 0 Å². The normalized spacial score (nSPS) is 22.7. The van der Waals surface area contributed by atoms with E-state index in [2.05, 4.69) is 6.92 Å². The summed E-state index contributed by atoms with van der Waals surface area (Å²) >= 11 is 0. The van der Waals surface area contributed by atoms with Gasteiger partial charge in [0.05, 0.1) is 24.1 Å². The summed E-state index contributed by atoms with van der Waals surface area (Å²) in [6, 6.07) is 10.1. The zero-order chi connectivity index (χ0) is 13.5. The minimum absolute atomic E-state index is 0.208. The van der Waals surface area contributed by atoms with Crippen molar-refractivity contribution in [3.63, 3.8) is 0 Å². The van der Waals surface area contributed by atoms with Gasteiger partial charge in [0.15, 0.2) is 0 Å². The first-order chi connectivity index (χ1) is 9.10. The molecule has 102 valence electrons. The van der Waals surface area contributed by atoms with Crippen LogP contribution in [0.15, 0.2) is 30.3 Å². The van der Waals surface area contributed by atoms with Crippen molar-refractivity contribution in [1.29, 1.82) is 0 Å². The molecule has 0 spiro atoms. The molecule has 1 saturated heterocycles. The molecule has 1 aliphatic heterocycles. The topological polar surface area (TPSA) is 40.5 Å². The Hall–Kier alpha value is -1.35. The number of carbonyl (C=O) groups is 1. The molecule has 0 unspecified atom stereocenters. The highest BCUT2D eigenvalue weighted by atomic mass is 16.3. The first-order valence-electron chi connectivity index (χ1n) is 7.17. The number of carbonyl (C=O) groups excluding carboxylic acids is 1. The van der Waals surface area contributed by atoms with E-state index in [1.54, 1.807) is 0 Å². The molecule has 2 fully saturated rings. The maximum Gasteiger partial charge on any atom is 0.233 e. The molecule has 1 aromatic carbocycles. The molecule has 1 aliphatic carbocycles. The first kappa shape index (κ1) is 12.7. The molecule has 1 heterocycles. The van der Waals surface area contributed by atoms with Crippen molar-refractivity contribution in [2.45, 2.75) is 43.6 Å². The molecule has 3 nitrogen and oxygen atoms in total. The molecule has 3 rings (SSSR count). The Labute approximate surface area is 114 Å². The molecule has 1 aromatic rings. The van der Waals surface area contributed by atoms with E-state index in [9.17, 15) is 9.90 Å². The van der Waals surface area contributed by atoms with Gasteiger partial charge in [-0.25, -0.2) is 0 Å². The minimum atomic E-state index is -0.628. The highest BCUT2D eigenvalue weighted by Gasteiger charge is 2.56. The van der Waals surface area contributed by atoms with Crippen LogP contribution in [0.3, 0.4) is 0 Å². The molecule has 0 atom stereocenters. The number of aliphatic hydroxyl groups is 1. The van der Waals surface area contributed by atoms with Crippen LogP contribution in [0.25, 0.3) is 0 Å². The summed E-state index contributed by atoms with van der Waals surface area (Å²) in [6.07, 6.45) is 3.63. The van der Waals surface area contributed by atoms with Crippen molar-refractivity contribution in [3.8, 4) is 0 Å². The van der Waals surface area contributed by atoms with Crippen molar-refractivity contribution < 1.29 is 9.90 Å². The van der Waals surface area contributed by atoms with Crippen molar-refractivity contribution in [2.24, 2.45) is 0 Å². The third-order valence-electron chi connectivity index (χ3n) is 4.46. The average Bonchev–Trinajstić information content (AvgIpc) is 3.18.